The average Bonchev–Trinajstić information content (AvgIpc) is 2.09. The van der Waals surface area contributed by atoms with Crippen LogP contribution in [0.25, 0.3) is 0 Å². The van der Waals surface area contributed by atoms with Gasteiger partial charge in [-0.2, -0.15) is 0 Å². The van der Waals surface area contributed by atoms with E-state index < -0.39 is 0 Å². The number of para-hydroxylation sites is 1. The van der Waals surface area contributed by atoms with Crippen molar-refractivity contribution < 1.29 is 9.90 Å². The van der Waals surface area contributed by atoms with Crippen LogP contribution in [0.4, 0.5) is 0 Å². The SMILES string of the molecule is CCc1cccc(CC=O)c1O. The zero-order valence-electron chi connectivity index (χ0n) is 7.08. The van der Waals surface area contributed by atoms with Gasteiger partial charge in [0.25, 0.3) is 0 Å². The first-order valence-electron chi connectivity index (χ1n) is 4.03. The molecule has 0 aromatic heterocycles. The molecule has 1 aromatic carbocycles. The summed E-state index contributed by atoms with van der Waals surface area (Å²) in [4.78, 5) is 10.2. The molecule has 2 heteroatoms. The molecule has 0 aliphatic rings. The molecule has 12 heavy (non-hydrogen) atoms. The highest BCUT2D eigenvalue weighted by Gasteiger charge is 2.03. The number of hydrogen-bond acceptors (Lipinski definition) is 2. The Kier molecular flexibility index (Phi) is 2.86. The van der Waals surface area contributed by atoms with E-state index in [1.165, 1.54) is 0 Å². The molecule has 64 valence electrons. The lowest BCUT2D eigenvalue weighted by Gasteiger charge is -2.04. The van der Waals surface area contributed by atoms with Crippen molar-refractivity contribution in [2.45, 2.75) is 19.8 Å². The van der Waals surface area contributed by atoms with E-state index in [2.05, 4.69) is 0 Å². The van der Waals surface area contributed by atoms with E-state index in [1.807, 2.05) is 19.1 Å². The van der Waals surface area contributed by atoms with Crippen molar-refractivity contribution in [3.05, 3.63) is 29.3 Å². The minimum absolute atomic E-state index is 0.270. The van der Waals surface area contributed by atoms with Gasteiger partial charge in [-0.3, -0.25) is 0 Å². The molecule has 0 radical (unpaired) electrons. The first-order valence-corrected chi connectivity index (χ1v) is 4.03. The lowest BCUT2D eigenvalue weighted by Crippen LogP contribution is -1.90. The van der Waals surface area contributed by atoms with Crippen LogP contribution in [0, 0.1) is 0 Å². The third kappa shape index (κ3) is 1.64. The molecule has 2 nitrogen and oxygen atoms in total. The van der Waals surface area contributed by atoms with E-state index >= 15 is 0 Å². The monoisotopic (exact) mass is 164 g/mol. The molecular formula is C10H12O2. The summed E-state index contributed by atoms with van der Waals surface area (Å²) in [6.45, 7) is 1.97. The van der Waals surface area contributed by atoms with Crippen LogP contribution in [0.5, 0.6) is 5.75 Å². The molecule has 0 amide bonds. The van der Waals surface area contributed by atoms with Gasteiger partial charge < -0.3 is 9.90 Å². The van der Waals surface area contributed by atoms with Crippen molar-refractivity contribution in [2.75, 3.05) is 0 Å². The maximum Gasteiger partial charge on any atom is 0.124 e. The molecule has 0 atom stereocenters. The summed E-state index contributed by atoms with van der Waals surface area (Å²) in [5, 5.41) is 9.56. The van der Waals surface area contributed by atoms with Gasteiger partial charge in [0.1, 0.15) is 12.0 Å². The molecule has 0 heterocycles. The van der Waals surface area contributed by atoms with E-state index in [-0.39, 0.29) is 5.75 Å². The van der Waals surface area contributed by atoms with Crippen LogP contribution in [0.15, 0.2) is 18.2 Å². The average molecular weight is 164 g/mol. The first kappa shape index (κ1) is 8.78. The quantitative estimate of drug-likeness (QED) is 0.690. The number of aldehydes is 1. The van der Waals surface area contributed by atoms with Gasteiger partial charge in [0.15, 0.2) is 0 Å². The van der Waals surface area contributed by atoms with Crippen molar-refractivity contribution in [1.82, 2.24) is 0 Å². The second-order valence-electron chi connectivity index (χ2n) is 2.65. The molecular weight excluding hydrogens is 152 g/mol. The van der Waals surface area contributed by atoms with Gasteiger partial charge in [-0.1, -0.05) is 25.1 Å². The van der Waals surface area contributed by atoms with E-state index in [0.29, 0.717) is 12.0 Å². The van der Waals surface area contributed by atoms with Gasteiger partial charge in [0.05, 0.1) is 0 Å². The van der Waals surface area contributed by atoms with E-state index in [9.17, 15) is 9.90 Å². The standard InChI is InChI=1S/C10H12O2/c1-2-8-4-3-5-9(6-7-11)10(8)12/h3-5,7,12H,2,6H2,1H3. The second-order valence-corrected chi connectivity index (χ2v) is 2.65. The Balaban J connectivity index is 3.04. The summed E-state index contributed by atoms with van der Waals surface area (Å²) in [5.74, 6) is 0.270. The summed E-state index contributed by atoms with van der Waals surface area (Å²) in [5.41, 5.74) is 1.61. The van der Waals surface area contributed by atoms with Crippen LogP contribution in [-0.2, 0) is 17.6 Å². The lowest BCUT2D eigenvalue weighted by atomic mass is 10.1. The normalized spacial score (nSPS) is 9.75. The fraction of sp³-hybridized carbons (Fsp3) is 0.300. The summed E-state index contributed by atoms with van der Waals surface area (Å²) in [6, 6.07) is 5.49. The van der Waals surface area contributed by atoms with Gasteiger partial charge in [0.2, 0.25) is 0 Å². The molecule has 0 bridgehead atoms. The predicted octanol–water partition coefficient (Wildman–Crippen LogP) is 1.70. The predicted molar refractivity (Wildman–Crippen MR) is 47.3 cm³/mol. The molecule has 0 saturated carbocycles. The molecule has 1 N–H and O–H groups in total. The van der Waals surface area contributed by atoms with Crippen LogP contribution in [-0.4, -0.2) is 11.4 Å². The van der Waals surface area contributed by atoms with Gasteiger partial charge >= 0.3 is 0 Å². The summed E-state index contributed by atoms with van der Waals surface area (Å²) in [7, 11) is 0. The number of carbonyl (C=O) groups excluding carboxylic acids is 1. The molecule has 0 unspecified atom stereocenters. The molecule has 1 rings (SSSR count). The van der Waals surface area contributed by atoms with Gasteiger partial charge in [0, 0.05) is 12.0 Å². The van der Waals surface area contributed by atoms with Gasteiger partial charge in [-0.15, -0.1) is 0 Å². The van der Waals surface area contributed by atoms with E-state index in [1.54, 1.807) is 6.07 Å². The molecule has 0 fully saturated rings. The first-order chi connectivity index (χ1) is 5.79. The van der Waals surface area contributed by atoms with Crippen LogP contribution in [0.1, 0.15) is 18.1 Å². The third-order valence-corrected chi connectivity index (χ3v) is 1.89. The van der Waals surface area contributed by atoms with E-state index in [0.717, 1.165) is 18.3 Å². The van der Waals surface area contributed by atoms with Crippen LogP contribution in [0.3, 0.4) is 0 Å². The third-order valence-electron chi connectivity index (χ3n) is 1.89. The number of benzene rings is 1. The zero-order chi connectivity index (χ0) is 8.97. The number of phenolic OH excluding ortho intramolecular Hbond substituents is 1. The van der Waals surface area contributed by atoms with Gasteiger partial charge in [-0.25, -0.2) is 0 Å². The highest BCUT2D eigenvalue weighted by molar-refractivity contribution is 5.58. The summed E-state index contributed by atoms with van der Waals surface area (Å²) < 4.78 is 0. The highest BCUT2D eigenvalue weighted by Crippen LogP contribution is 2.22. The summed E-state index contributed by atoms with van der Waals surface area (Å²) in [6.07, 6.45) is 1.88. The molecule has 1 aromatic rings. The number of aryl methyl sites for hydroxylation is 1. The van der Waals surface area contributed by atoms with E-state index in [4.69, 9.17) is 0 Å². The van der Waals surface area contributed by atoms with Crippen LogP contribution < -0.4 is 0 Å². The van der Waals surface area contributed by atoms with Crippen molar-refractivity contribution >= 4 is 6.29 Å². The fourth-order valence-electron chi connectivity index (χ4n) is 1.18. The van der Waals surface area contributed by atoms with Crippen LogP contribution >= 0.6 is 0 Å². The second kappa shape index (κ2) is 3.90. The highest BCUT2D eigenvalue weighted by atomic mass is 16.3. The number of carbonyl (C=O) groups is 1. The fourth-order valence-corrected chi connectivity index (χ4v) is 1.18. The van der Waals surface area contributed by atoms with Crippen LogP contribution in [0.2, 0.25) is 0 Å². The maximum absolute atomic E-state index is 10.2. The minimum atomic E-state index is 0.270. The lowest BCUT2D eigenvalue weighted by molar-refractivity contribution is -0.107. The number of phenols is 1. The number of rotatable bonds is 3. The maximum atomic E-state index is 10.2. The topological polar surface area (TPSA) is 37.3 Å². The summed E-state index contributed by atoms with van der Waals surface area (Å²) >= 11 is 0. The molecule has 0 aliphatic heterocycles. The smallest absolute Gasteiger partial charge is 0.124 e. The zero-order valence-corrected chi connectivity index (χ0v) is 7.08. The molecule has 0 aliphatic carbocycles. The number of hydrogen-bond donors (Lipinski definition) is 1. The Hall–Kier alpha value is -1.31. The Morgan fingerprint density at radius 3 is 2.67 bits per heavy atom. The van der Waals surface area contributed by atoms with Crippen molar-refractivity contribution in [1.29, 1.82) is 0 Å². The Morgan fingerprint density at radius 1 is 1.42 bits per heavy atom. The Bertz CT molecular complexity index is 279. The minimum Gasteiger partial charge on any atom is -0.507 e. The molecule has 0 saturated heterocycles. The van der Waals surface area contributed by atoms with Gasteiger partial charge in [-0.05, 0) is 12.0 Å². The van der Waals surface area contributed by atoms with Crippen molar-refractivity contribution in [3.63, 3.8) is 0 Å². The number of aromatic hydroxyl groups is 1. The largest absolute Gasteiger partial charge is 0.507 e. The Morgan fingerprint density at radius 2 is 2.08 bits per heavy atom. The Labute approximate surface area is 71.8 Å². The van der Waals surface area contributed by atoms with Crippen molar-refractivity contribution in [2.24, 2.45) is 0 Å². The van der Waals surface area contributed by atoms with Crippen molar-refractivity contribution in [3.8, 4) is 5.75 Å². The molecule has 0 spiro atoms.